The van der Waals surface area contributed by atoms with Crippen molar-refractivity contribution in [2.45, 2.75) is 24.5 Å². The summed E-state index contributed by atoms with van der Waals surface area (Å²) in [5.41, 5.74) is 5.05. The van der Waals surface area contributed by atoms with Crippen LogP contribution in [-0.4, -0.2) is 88.7 Å². The fourth-order valence-electron chi connectivity index (χ4n) is 2.11. The summed E-state index contributed by atoms with van der Waals surface area (Å²) in [4.78, 5) is 26.2. The normalized spacial score (nSPS) is 25.9. The Morgan fingerprint density at radius 1 is 1.36 bits per heavy atom. The molecule has 12 heteroatoms. The Balaban J connectivity index is 1.84. The van der Waals surface area contributed by atoms with Gasteiger partial charge in [0, 0.05) is 7.11 Å². The Kier molecular flexibility index (Phi) is 6.78. The van der Waals surface area contributed by atoms with Gasteiger partial charge in [0.2, 0.25) is 5.82 Å². The second kappa shape index (κ2) is 8.82. The minimum atomic E-state index is -1.36. The van der Waals surface area contributed by atoms with E-state index in [9.17, 15) is 19.8 Å². The highest BCUT2D eigenvalue weighted by Gasteiger charge is 2.45. The summed E-state index contributed by atoms with van der Waals surface area (Å²) >= 11 is 0. The van der Waals surface area contributed by atoms with Gasteiger partial charge in [0.25, 0.3) is 5.91 Å². The Labute approximate surface area is 142 Å². The van der Waals surface area contributed by atoms with Gasteiger partial charge in [-0.3, -0.25) is 4.79 Å². The number of primary amides is 1. The van der Waals surface area contributed by atoms with Crippen LogP contribution in [0.3, 0.4) is 0 Å². The summed E-state index contributed by atoms with van der Waals surface area (Å²) in [6.45, 7) is 0.0159. The molecule has 1 aliphatic heterocycles. The Morgan fingerprint density at radius 3 is 2.76 bits per heavy atom. The third kappa shape index (κ3) is 4.93. The highest BCUT2D eigenvalue weighted by Crippen LogP contribution is 2.28. The maximum absolute atomic E-state index is 11.5. The molecule has 0 bridgehead atoms. The number of aliphatic hydroxyl groups is 2. The summed E-state index contributed by atoms with van der Waals surface area (Å²) in [6, 6.07) is 0. The van der Waals surface area contributed by atoms with Crippen molar-refractivity contribution in [3.05, 3.63) is 12.2 Å². The van der Waals surface area contributed by atoms with Crippen molar-refractivity contribution in [3.8, 4) is 0 Å². The number of carbonyl (C=O) groups excluding carboxylic acids is 2. The van der Waals surface area contributed by atoms with Crippen molar-refractivity contribution >= 4 is 11.9 Å². The maximum atomic E-state index is 11.5. The van der Waals surface area contributed by atoms with Gasteiger partial charge in [-0.2, -0.15) is 0 Å². The van der Waals surface area contributed by atoms with Crippen LogP contribution in [0.25, 0.3) is 0 Å². The Bertz CT molecular complexity index is 594. The molecule has 1 aromatic rings. The van der Waals surface area contributed by atoms with Gasteiger partial charge in [-0.1, -0.05) is 0 Å². The molecule has 1 fully saturated rings. The van der Waals surface area contributed by atoms with Crippen LogP contribution in [0.2, 0.25) is 0 Å². The van der Waals surface area contributed by atoms with Crippen molar-refractivity contribution in [1.82, 2.24) is 14.8 Å². The number of hydrogen-bond acceptors (Lipinski definition) is 10. The summed E-state index contributed by atoms with van der Waals surface area (Å²) in [5.74, 6) is -1.75. The second-order valence-corrected chi connectivity index (χ2v) is 5.19. The minimum absolute atomic E-state index is 0.240. The molecule has 1 unspecified atom stereocenters. The molecule has 1 amide bonds. The largest absolute Gasteiger partial charge is 0.461 e. The zero-order chi connectivity index (χ0) is 18.4. The number of amides is 1. The SMILES string of the molecule is COCCOCC(=O)OC[C@H]1O[C@@H](n2cnc(C(N)=O)n2)[C@H](O)C1O. The number of esters is 1. The van der Waals surface area contributed by atoms with E-state index < -0.39 is 36.4 Å². The van der Waals surface area contributed by atoms with E-state index in [1.807, 2.05) is 0 Å². The van der Waals surface area contributed by atoms with Crippen molar-refractivity contribution in [2.24, 2.45) is 5.73 Å². The van der Waals surface area contributed by atoms with Crippen LogP contribution in [0, 0.1) is 0 Å². The van der Waals surface area contributed by atoms with Gasteiger partial charge >= 0.3 is 5.97 Å². The molecule has 4 N–H and O–H groups in total. The van der Waals surface area contributed by atoms with E-state index in [1.54, 1.807) is 0 Å². The quantitative estimate of drug-likeness (QED) is 0.309. The number of rotatable bonds is 9. The van der Waals surface area contributed by atoms with Crippen LogP contribution in [0.15, 0.2) is 6.33 Å². The van der Waals surface area contributed by atoms with Crippen LogP contribution in [-0.2, 0) is 23.7 Å². The first-order valence-electron chi connectivity index (χ1n) is 7.39. The molecule has 0 radical (unpaired) electrons. The van der Waals surface area contributed by atoms with Crippen LogP contribution >= 0.6 is 0 Å². The smallest absolute Gasteiger partial charge is 0.332 e. The molecule has 0 spiro atoms. The van der Waals surface area contributed by atoms with Gasteiger partial charge in [-0.15, -0.1) is 5.10 Å². The van der Waals surface area contributed by atoms with Crippen LogP contribution in [0.1, 0.15) is 16.8 Å². The number of aliphatic hydroxyl groups excluding tert-OH is 2. The number of aromatic nitrogens is 3. The highest BCUT2D eigenvalue weighted by molar-refractivity contribution is 5.88. The first-order chi connectivity index (χ1) is 11.9. The molecule has 0 saturated carbocycles. The van der Waals surface area contributed by atoms with E-state index in [-0.39, 0.29) is 25.6 Å². The molecule has 4 atom stereocenters. The number of hydrogen-bond donors (Lipinski definition) is 3. The zero-order valence-corrected chi connectivity index (χ0v) is 13.5. The van der Waals surface area contributed by atoms with E-state index in [0.29, 0.717) is 6.61 Å². The number of methoxy groups -OCH3 is 1. The van der Waals surface area contributed by atoms with Crippen LogP contribution < -0.4 is 5.73 Å². The number of nitrogens with zero attached hydrogens (tertiary/aromatic N) is 3. The molecule has 2 heterocycles. The summed E-state index contributed by atoms with van der Waals surface area (Å²) in [6.07, 6.45) is -3.63. The molecule has 12 nitrogen and oxygen atoms in total. The molecule has 1 saturated heterocycles. The first kappa shape index (κ1) is 19.2. The van der Waals surface area contributed by atoms with Gasteiger partial charge in [0.1, 0.15) is 37.9 Å². The van der Waals surface area contributed by atoms with Crippen molar-refractivity contribution in [2.75, 3.05) is 33.5 Å². The Hall–Kier alpha value is -2.12. The summed E-state index contributed by atoms with van der Waals surface area (Å²) in [7, 11) is 1.50. The lowest BCUT2D eigenvalue weighted by Crippen LogP contribution is -2.34. The van der Waals surface area contributed by atoms with E-state index in [4.69, 9.17) is 24.7 Å². The van der Waals surface area contributed by atoms with Crippen LogP contribution in [0.5, 0.6) is 0 Å². The van der Waals surface area contributed by atoms with E-state index in [0.717, 1.165) is 11.0 Å². The third-order valence-electron chi connectivity index (χ3n) is 3.39. The molecular formula is C13H20N4O8. The monoisotopic (exact) mass is 360 g/mol. The van der Waals surface area contributed by atoms with E-state index >= 15 is 0 Å². The van der Waals surface area contributed by atoms with E-state index in [2.05, 4.69) is 10.1 Å². The predicted octanol–water partition coefficient (Wildman–Crippen LogP) is -2.80. The first-order valence-corrected chi connectivity index (χ1v) is 7.39. The average Bonchev–Trinajstić information content (AvgIpc) is 3.17. The highest BCUT2D eigenvalue weighted by atomic mass is 16.6. The zero-order valence-electron chi connectivity index (χ0n) is 13.5. The molecule has 1 aromatic heterocycles. The molecule has 2 rings (SSSR count). The van der Waals surface area contributed by atoms with Gasteiger partial charge in [-0.05, 0) is 0 Å². The van der Waals surface area contributed by atoms with Gasteiger partial charge < -0.3 is 34.9 Å². The summed E-state index contributed by atoms with van der Waals surface area (Å²) in [5, 5.41) is 23.8. The standard InChI is InChI=1S/C13H20N4O8/c1-22-2-3-23-5-8(18)24-4-7-9(19)10(20)13(25-7)17-6-15-12(16-17)11(14)21/h6-7,9-10,13,19-20H,2-5H2,1H3,(H2,14,21)/t7-,9?,10-,13-/m1/s1. The topological polar surface area (TPSA) is 168 Å². The molecule has 0 aliphatic carbocycles. The maximum Gasteiger partial charge on any atom is 0.332 e. The fourth-order valence-corrected chi connectivity index (χ4v) is 2.11. The van der Waals surface area contributed by atoms with Crippen molar-refractivity contribution in [3.63, 3.8) is 0 Å². The van der Waals surface area contributed by atoms with Gasteiger partial charge in [0.05, 0.1) is 13.2 Å². The van der Waals surface area contributed by atoms with Crippen molar-refractivity contribution in [1.29, 1.82) is 0 Å². The predicted molar refractivity (Wildman–Crippen MR) is 78.1 cm³/mol. The van der Waals surface area contributed by atoms with Gasteiger partial charge in [0.15, 0.2) is 6.23 Å². The molecule has 25 heavy (non-hydrogen) atoms. The number of ether oxygens (including phenoxy) is 4. The Morgan fingerprint density at radius 2 is 2.12 bits per heavy atom. The second-order valence-electron chi connectivity index (χ2n) is 5.19. The molecule has 140 valence electrons. The fraction of sp³-hybridized carbons (Fsp3) is 0.692. The lowest BCUT2D eigenvalue weighted by atomic mass is 10.1. The average molecular weight is 360 g/mol. The molecule has 0 aromatic carbocycles. The van der Waals surface area contributed by atoms with Crippen LogP contribution in [0.4, 0.5) is 0 Å². The number of nitrogens with two attached hydrogens (primary N) is 1. The molecular weight excluding hydrogens is 340 g/mol. The number of carbonyl (C=O) groups is 2. The summed E-state index contributed by atoms with van der Waals surface area (Å²) < 4.78 is 21.2. The lowest BCUT2D eigenvalue weighted by molar-refractivity contribution is -0.155. The third-order valence-corrected chi connectivity index (χ3v) is 3.39. The molecule has 1 aliphatic rings. The minimum Gasteiger partial charge on any atom is -0.461 e. The van der Waals surface area contributed by atoms with Crippen molar-refractivity contribution < 1.29 is 38.7 Å². The lowest BCUT2D eigenvalue weighted by Gasteiger charge is -2.14. The van der Waals surface area contributed by atoms with Gasteiger partial charge in [-0.25, -0.2) is 14.5 Å². The van der Waals surface area contributed by atoms with E-state index in [1.165, 1.54) is 7.11 Å².